The number of hydrogen-bond donors (Lipinski definition) is 1. The molecule has 3 aromatic rings. The van der Waals surface area contributed by atoms with Crippen LogP contribution in [0.15, 0.2) is 53.1 Å². The molecule has 0 bridgehead atoms. The lowest BCUT2D eigenvalue weighted by Crippen LogP contribution is -2.26. The standard InChI is InChI=1S/C16H14BrN3O/c1-20(10-13-4-2-3-7-18-13)16(21)15-8-11-5-6-12(17)9-14(11)19-15/h2-9,19H,10H2,1H3. The normalized spacial score (nSPS) is 10.8. The number of aromatic nitrogens is 2. The summed E-state index contributed by atoms with van der Waals surface area (Å²) in [6.07, 6.45) is 1.73. The smallest absolute Gasteiger partial charge is 0.270 e. The number of H-pyrrole nitrogens is 1. The number of fused-ring (bicyclic) bond motifs is 1. The molecule has 1 aromatic carbocycles. The fraction of sp³-hybridized carbons (Fsp3) is 0.125. The number of halogens is 1. The van der Waals surface area contributed by atoms with E-state index < -0.39 is 0 Å². The Kier molecular flexibility index (Phi) is 3.75. The Morgan fingerprint density at radius 1 is 1.29 bits per heavy atom. The lowest BCUT2D eigenvalue weighted by Gasteiger charge is -2.15. The van der Waals surface area contributed by atoms with Gasteiger partial charge in [0.2, 0.25) is 0 Å². The molecule has 0 aliphatic rings. The predicted octanol–water partition coefficient (Wildman–Crippen LogP) is 3.60. The zero-order valence-electron chi connectivity index (χ0n) is 11.5. The molecule has 0 saturated carbocycles. The van der Waals surface area contributed by atoms with E-state index >= 15 is 0 Å². The van der Waals surface area contributed by atoms with Crippen molar-refractivity contribution in [3.63, 3.8) is 0 Å². The molecule has 4 nitrogen and oxygen atoms in total. The first-order chi connectivity index (χ1) is 10.1. The minimum atomic E-state index is -0.0482. The van der Waals surface area contributed by atoms with Gasteiger partial charge in [-0.05, 0) is 30.3 Å². The number of pyridine rings is 1. The molecule has 0 aliphatic carbocycles. The molecule has 2 aromatic heterocycles. The first-order valence-electron chi connectivity index (χ1n) is 6.57. The third-order valence-corrected chi connectivity index (χ3v) is 3.78. The lowest BCUT2D eigenvalue weighted by atomic mass is 10.2. The molecule has 106 valence electrons. The summed E-state index contributed by atoms with van der Waals surface area (Å²) in [5, 5.41) is 1.02. The Labute approximate surface area is 130 Å². The molecule has 2 heterocycles. The highest BCUT2D eigenvalue weighted by molar-refractivity contribution is 9.10. The summed E-state index contributed by atoms with van der Waals surface area (Å²) in [5.41, 5.74) is 2.40. The van der Waals surface area contributed by atoms with Crippen molar-refractivity contribution in [2.75, 3.05) is 7.05 Å². The van der Waals surface area contributed by atoms with E-state index in [1.165, 1.54) is 0 Å². The van der Waals surface area contributed by atoms with Crippen LogP contribution in [0.1, 0.15) is 16.2 Å². The van der Waals surface area contributed by atoms with Crippen LogP contribution in [-0.4, -0.2) is 27.8 Å². The summed E-state index contributed by atoms with van der Waals surface area (Å²) in [5.74, 6) is -0.0482. The predicted molar refractivity (Wildman–Crippen MR) is 86.0 cm³/mol. The van der Waals surface area contributed by atoms with E-state index in [0.29, 0.717) is 12.2 Å². The first-order valence-corrected chi connectivity index (χ1v) is 7.36. The molecule has 0 aliphatic heterocycles. The van der Waals surface area contributed by atoms with E-state index in [2.05, 4.69) is 25.9 Å². The van der Waals surface area contributed by atoms with E-state index in [4.69, 9.17) is 0 Å². The summed E-state index contributed by atoms with van der Waals surface area (Å²) in [4.78, 5) is 21.5. The number of amides is 1. The van der Waals surface area contributed by atoms with Gasteiger partial charge in [-0.3, -0.25) is 9.78 Å². The molecule has 3 rings (SSSR count). The van der Waals surface area contributed by atoms with Crippen LogP contribution in [0.3, 0.4) is 0 Å². The van der Waals surface area contributed by atoms with Crippen LogP contribution in [0.5, 0.6) is 0 Å². The minimum absolute atomic E-state index is 0.0482. The second kappa shape index (κ2) is 5.69. The van der Waals surface area contributed by atoms with Crippen molar-refractivity contribution in [1.82, 2.24) is 14.9 Å². The quantitative estimate of drug-likeness (QED) is 0.789. The van der Waals surface area contributed by atoms with Crippen LogP contribution in [0.4, 0.5) is 0 Å². The van der Waals surface area contributed by atoms with Crippen LogP contribution in [0.2, 0.25) is 0 Å². The number of carbonyl (C=O) groups is 1. The molecule has 0 fully saturated rings. The molecule has 1 N–H and O–H groups in total. The van der Waals surface area contributed by atoms with Gasteiger partial charge >= 0.3 is 0 Å². The van der Waals surface area contributed by atoms with Gasteiger partial charge in [0, 0.05) is 28.6 Å². The Balaban J connectivity index is 1.82. The zero-order chi connectivity index (χ0) is 14.8. The second-order valence-corrected chi connectivity index (χ2v) is 5.81. The fourth-order valence-electron chi connectivity index (χ4n) is 2.23. The lowest BCUT2D eigenvalue weighted by molar-refractivity contribution is 0.0778. The average Bonchev–Trinajstić information content (AvgIpc) is 2.90. The van der Waals surface area contributed by atoms with E-state index in [-0.39, 0.29) is 5.91 Å². The maximum Gasteiger partial charge on any atom is 0.270 e. The summed E-state index contributed by atoms with van der Waals surface area (Å²) in [6.45, 7) is 0.485. The highest BCUT2D eigenvalue weighted by atomic mass is 79.9. The van der Waals surface area contributed by atoms with E-state index in [1.807, 2.05) is 42.5 Å². The maximum atomic E-state index is 12.5. The van der Waals surface area contributed by atoms with E-state index in [0.717, 1.165) is 21.1 Å². The topological polar surface area (TPSA) is 49.0 Å². The monoisotopic (exact) mass is 343 g/mol. The van der Waals surface area contributed by atoms with Gasteiger partial charge in [0.05, 0.1) is 12.2 Å². The van der Waals surface area contributed by atoms with Crippen LogP contribution < -0.4 is 0 Å². The van der Waals surface area contributed by atoms with Gasteiger partial charge in [0.25, 0.3) is 5.91 Å². The summed E-state index contributed by atoms with van der Waals surface area (Å²) < 4.78 is 0.984. The molecule has 0 radical (unpaired) electrons. The fourth-order valence-corrected chi connectivity index (χ4v) is 2.59. The summed E-state index contributed by atoms with van der Waals surface area (Å²) >= 11 is 3.43. The SMILES string of the molecule is CN(Cc1ccccn1)C(=O)c1cc2ccc(Br)cc2[nH]1. The van der Waals surface area contributed by atoms with Gasteiger partial charge in [-0.2, -0.15) is 0 Å². The van der Waals surface area contributed by atoms with Crippen LogP contribution in [0.25, 0.3) is 10.9 Å². The number of benzene rings is 1. The molecule has 1 amide bonds. The molecular formula is C16H14BrN3O. The van der Waals surface area contributed by atoms with Gasteiger partial charge in [0.1, 0.15) is 5.69 Å². The maximum absolute atomic E-state index is 12.5. The van der Waals surface area contributed by atoms with Crippen molar-refractivity contribution in [3.05, 3.63) is 64.5 Å². The Hall–Kier alpha value is -2.14. The van der Waals surface area contributed by atoms with Crippen LogP contribution >= 0.6 is 15.9 Å². The van der Waals surface area contributed by atoms with Gasteiger partial charge < -0.3 is 9.88 Å². The van der Waals surface area contributed by atoms with Crippen molar-refractivity contribution in [3.8, 4) is 0 Å². The van der Waals surface area contributed by atoms with Crippen molar-refractivity contribution >= 4 is 32.7 Å². The van der Waals surface area contributed by atoms with Gasteiger partial charge in [-0.15, -0.1) is 0 Å². The van der Waals surface area contributed by atoms with Gasteiger partial charge in [-0.25, -0.2) is 0 Å². The Morgan fingerprint density at radius 3 is 2.90 bits per heavy atom. The Morgan fingerprint density at radius 2 is 2.14 bits per heavy atom. The van der Waals surface area contributed by atoms with Crippen molar-refractivity contribution < 1.29 is 4.79 Å². The first kappa shape index (κ1) is 13.8. The summed E-state index contributed by atoms with van der Waals surface area (Å²) in [6, 6.07) is 13.5. The van der Waals surface area contributed by atoms with E-state index in [9.17, 15) is 4.79 Å². The molecule has 0 unspecified atom stereocenters. The van der Waals surface area contributed by atoms with Crippen LogP contribution in [-0.2, 0) is 6.54 Å². The van der Waals surface area contributed by atoms with Crippen LogP contribution in [0, 0.1) is 0 Å². The third kappa shape index (κ3) is 2.97. The van der Waals surface area contributed by atoms with Crippen molar-refractivity contribution in [1.29, 1.82) is 0 Å². The minimum Gasteiger partial charge on any atom is -0.350 e. The highest BCUT2D eigenvalue weighted by Crippen LogP contribution is 2.21. The number of nitrogens with zero attached hydrogens (tertiary/aromatic N) is 2. The molecule has 21 heavy (non-hydrogen) atoms. The number of aromatic amines is 1. The van der Waals surface area contributed by atoms with Crippen molar-refractivity contribution in [2.24, 2.45) is 0 Å². The third-order valence-electron chi connectivity index (χ3n) is 3.29. The number of carbonyl (C=O) groups excluding carboxylic acids is 1. The zero-order valence-corrected chi connectivity index (χ0v) is 13.1. The Bertz CT molecular complexity index is 783. The summed E-state index contributed by atoms with van der Waals surface area (Å²) in [7, 11) is 1.78. The molecule has 5 heteroatoms. The second-order valence-electron chi connectivity index (χ2n) is 4.90. The highest BCUT2D eigenvalue weighted by Gasteiger charge is 2.15. The number of hydrogen-bond acceptors (Lipinski definition) is 2. The van der Waals surface area contributed by atoms with Gasteiger partial charge in [-0.1, -0.05) is 28.1 Å². The van der Waals surface area contributed by atoms with E-state index in [1.54, 1.807) is 18.1 Å². The number of nitrogens with one attached hydrogen (secondary N) is 1. The number of rotatable bonds is 3. The molecule has 0 atom stereocenters. The molecule has 0 saturated heterocycles. The molecule has 0 spiro atoms. The largest absolute Gasteiger partial charge is 0.350 e. The van der Waals surface area contributed by atoms with Crippen molar-refractivity contribution in [2.45, 2.75) is 6.54 Å². The molecular weight excluding hydrogens is 330 g/mol. The average molecular weight is 344 g/mol. The van der Waals surface area contributed by atoms with Gasteiger partial charge in [0.15, 0.2) is 0 Å².